The number of halogens is 1. The van der Waals surface area contributed by atoms with Gasteiger partial charge in [-0.15, -0.1) is 0 Å². The molecular formula is C25H28BrN3O4. The first kappa shape index (κ1) is 24.7. The summed E-state index contributed by atoms with van der Waals surface area (Å²) in [6.07, 6.45) is 0.743. The number of amides is 1. The van der Waals surface area contributed by atoms with E-state index < -0.39 is 6.10 Å². The van der Waals surface area contributed by atoms with Crippen molar-refractivity contribution in [3.8, 4) is 11.5 Å². The number of carbonyl (C=O) groups is 1. The van der Waals surface area contributed by atoms with Gasteiger partial charge in [0.25, 0.3) is 5.91 Å². The highest BCUT2D eigenvalue weighted by atomic mass is 79.9. The fourth-order valence-electron chi connectivity index (χ4n) is 3.24. The van der Waals surface area contributed by atoms with Crippen LogP contribution in [-0.4, -0.2) is 58.5 Å². The minimum atomic E-state index is -0.791. The van der Waals surface area contributed by atoms with Gasteiger partial charge in [0, 0.05) is 12.1 Å². The third kappa shape index (κ3) is 6.54. The van der Waals surface area contributed by atoms with Gasteiger partial charge in [-0.1, -0.05) is 36.4 Å². The molecule has 0 saturated heterocycles. The first-order valence-electron chi connectivity index (χ1n) is 10.4. The topological polar surface area (TPSA) is 72.4 Å². The Kier molecular flexibility index (Phi) is 8.82. The molecule has 3 aromatic carbocycles. The minimum absolute atomic E-state index is 0.351. The van der Waals surface area contributed by atoms with Crippen LogP contribution < -0.4 is 14.9 Å². The van der Waals surface area contributed by atoms with Crippen molar-refractivity contribution in [1.29, 1.82) is 0 Å². The second kappa shape index (κ2) is 11.8. The first-order valence-corrected chi connectivity index (χ1v) is 11.2. The molecule has 0 aromatic heterocycles. The number of hydrogen-bond acceptors (Lipinski definition) is 6. The maximum atomic E-state index is 13.0. The number of hydrazone groups is 1. The fourth-order valence-corrected chi connectivity index (χ4v) is 3.79. The van der Waals surface area contributed by atoms with E-state index in [1.807, 2.05) is 61.5 Å². The Bertz CT molecular complexity index is 1110. The SMILES string of the molecule is COc1cc(C=NNC(=O)C(OCCN(C)C)c2ccc3ccccc3c2)cc(OC)c1Br. The van der Waals surface area contributed by atoms with Crippen molar-refractivity contribution < 1.29 is 19.0 Å². The van der Waals surface area contributed by atoms with Crippen LogP contribution in [0.1, 0.15) is 17.2 Å². The number of carbonyl (C=O) groups excluding carboxylic acids is 1. The Morgan fingerprint density at radius 3 is 2.36 bits per heavy atom. The zero-order valence-electron chi connectivity index (χ0n) is 19.2. The van der Waals surface area contributed by atoms with E-state index in [0.717, 1.165) is 16.3 Å². The van der Waals surface area contributed by atoms with E-state index in [4.69, 9.17) is 14.2 Å². The molecular weight excluding hydrogens is 486 g/mol. The Morgan fingerprint density at radius 1 is 1.06 bits per heavy atom. The number of ether oxygens (including phenoxy) is 3. The van der Waals surface area contributed by atoms with E-state index in [1.165, 1.54) is 6.21 Å². The largest absolute Gasteiger partial charge is 0.495 e. The Balaban J connectivity index is 1.79. The van der Waals surface area contributed by atoms with Crippen LogP contribution in [0.15, 0.2) is 64.2 Å². The molecule has 0 aliphatic carbocycles. The van der Waals surface area contributed by atoms with Gasteiger partial charge >= 0.3 is 0 Å². The smallest absolute Gasteiger partial charge is 0.273 e. The fraction of sp³-hybridized carbons (Fsp3) is 0.280. The predicted molar refractivity (Wildman–Crippen MR) is 134 cm³/mol. The summed E-state index contributed by atoms with van der Waals surface area (Å²) in [7, 11) is 7.06. The predicted octanol–water partition coefficient (Wildman–Crippen LogP) is 4.39. The zero-order valence-corrected chi connectivity index (χ0v) is 20.8. The highest BCUT2D eigenvalue weighted by Crippen LogP contribution is 2.35. The Morgan fingerprint density at radius 2 is 1.73 bits per heavy atom. The van der Waals surface area contributed by atoms with E-state index in [1.54, 1.807) is 26.4 Å². The van der Waals surface area contributed by atoms with Gasteiger partial charge < -0.3 is 19.1 Å². The van der Waals surface area contributed by atoms with Gasteiger partial charge in [-0.05, 0) is 64.6 Å². The summed E-state index contributed by atoms with van der Waals surface area (Å²) in [4.78, 5) is 15.0. The van der Waals surface area contributed by atoms with Crippen molar-refractivity contribution in [2.75, 3.05) is 41.5 Å². The van der Waals surface area contributed by atoms with Gasteiger partial charge in [-0.2, -0.15) is 5.10 Å². The van der Waals surface area contributed by atoms with Gasteiger partial charge in [-0.25, -0.2) is 5.43 Å². The van der Waals surface area contributed by atoms with Gasteiger partial charge in [0.05, 0.1) is 27.0 Å². The molecule has 0 aliphatic rings. The molecule has 0 saturated carbocycles. The lowest BCUT2D eigenvalue weighted by atomic mass is 10.0. The average molecular weight is 514 g/mol. The van der Waals surface area contributed by atoms with E-state index in [-0.39, 0.29) is 5.91 Å². The van der Waals surface area contributed by atoms with Crippen LogP contribution in [-0.2, 0) is 9.53 Å². The summed E-state index contributed by atoms with van der Waals surface area (Å²) in [5, 5.41) is 6.28. The molecule has 0 bridgehead atoms. The Hall–Kier alpha value is -2.94. The second-order valence-corrected chi connectivity index (χ2v) is 8.43. The molecule has 7 nitrogen and oxygen atoms in total. The van der Waals surface area contributed by atoms with Crippen LogP contribution >= 0.6 is 15.9 Å². The van der Waals surface area contributed by atoms with E-state index in [0.29, 0.717) is 34.7 Å². The van der Waals surface area contributed by atoms with E-state index in [2.05, 4.69) is 26.5 Å². The molecule has 1 amide bonds. The van der Waals surface area contributed by atoms with Crippen LogP contribution in [0.2, 0.25) is 0 Å². The summed E-state index contributed by atoms with van der Waals surface area (Å²) in [5.41, 5.74) is 4.09. The van der Waals surface area contributed by atoms with Crippen molar-refractivity contribution >= 4 is 38.8 Å². The van der Waals surface area contributed by atoms with Gasteiger partial charge in [0.15, 0.2) is 6.10 Å². The number of methoxy groups -OCH3 is 2. The van der Waals surface area contributed by atoms with Crippen molar-refractivity contribution in [2.45, 2.75) is 6.10 Å². The van der Waals surface area contributed by atoms with Crippen LogP contribution in [0.4, 0.5) is 0 Å². The number of hydrogen-bond donors (Lipinski definition) is 1. The molecule has 0 heterocycles. The van der Waals surface area contributed by atoms with Gasteiger partial charge in [0.2, 0.25) is 0 Å². The van der Waals surface area contributed by atoms with Gasteiger partial charge in [0.1, 0.15) is 16.0 Å². The van der Waals surface area contributed by atoms with E-state index >= 15 is 0 Å². The standard InChI is InChI=1S/C25H28BrN3O4/c1-29(2)11-12-33-24(20-10-9-18-7-5-6-8-19(18)15-20)25(30)28-27-16-17-13-21(31-3)23(26)22(14-17)32-4/h5-10,13-16,24H,11-12H2,1-4H3,(H,28,30). The molecule has 8 heteroatoms. The summed E-state index contributed by atoms with van der Waals surface area (Å²) in [6, 6.07) is 17.5. The molecule has 33 heavy (non-hydrogen) atoms. The number of fused-ring (bicyclic) bond motifs is 1. The molecule has 1 unspecified atom stereocenters. The Labute approximate surface area is 202 Å². The van der Waals surface area contributed by atoms with Crippen molar-refractivity contribution in [2.24, 2.45) is 5.10 Å². The maximum absolute atomic E-state index is 13.0. The van der Waals surface area contributed by atoms with Crippen LogP contribution in [0.25, 0.3) is 10.8 Å². The summed E-state index contributed by atoms with van der Waals surface area (Å²) >= 11 is 3.44. The summed E-state index contributed by atoms with van der Waals surface area (Å²) in [5.74, 6) is 0.850. The highest BCUT2D eigenvalue weighted by molar-refractivity contribution is 9.10. The van der Waals surface area contributed by atoms with E-state index in [9.17, 15) is 4.79 Å². The summed E-state index contributed by atoms with van der Waals surface area (Å²) in [6.45, 7) is 1.10. The quantitative estimate of drug-likeness (QED) is 0.321. The monoisotopic (exact) mass is 513 g/mol. The number of rotatable bonds is 10. The average Bonchev–Trinajstić information content (AvgIpc) is 2.82. The molecule has 0 fully saturated rings. The molecule has 1 N–H and O–H groups in total. The van der Waals surface area contributed by atoms with Crippen LogP contribution in [0.5, 0.6) is 11.5 Å². The molecule has 0 aliphatic heterocycles. The maximum Gasteiger partial charge on any atom is 0.273 e. The lowest BCUT2D eigenvalue weighted by Crippen LogP contribution is -2.29. The minimum Gasteiger partial charge on any atom is -0.495 e. The molecule has 174 valence electrons. The highest BCUT2D eigenvalue weighted by Gasteiger charge is 2.21. The molecule has 3 rings (SSSR count). The molecule has 0 radical (unpaired) electrons. The molecule has 0 spiro atoms. The third-order valence-electron chi connectivity index (χ3n) is 4.99. The number of benzene rings is 3. The molecule has 1 atom stereocenters. The van der Waals surface area contributed by atoms with Crippen molar-refractivity contribution in [1.82, 2.24) is 10.3 Å². The van der Waals surface area contributed by atoms with Crippen LogP contribution in [0, 0.1) is 0 Å². The van der Waals surface area contributed by atoms with Crippen molar-refractivity contribution in [3.63, 3.8) is 0 Å². The lowest BCUT2D eigenvalue weighted by molar-refractivity contribution is -0.133. The third-order valence-corrected chi connectivity index (χ3v) is 5.78. The van der Waals surface area contributed by atoms with Crippen LogP contribution in [0.3, 0.4) is 0 Å². The lowest BCUT2D eigenvalue weighted by Gasteiger charge is -2.19. The normalized spacial score (nSPS) is 12.3. The number of likely N-dealkylation sites (N-methyl/N-ethyl adjacent to an activating group) is 1. The number of nitrogens with zero attached hydrogens (tertiary/aromatic N) is 2. The van der Waals surface area contributed by atoms with Crippen molar-refractivity contribution in [3.05, 3.63) is 70.2 Å². The summed E-state index contributed by atoms with van der Waals surface area (Å²) < 4.78 is 17.4. The number of nitrogens with one attached hydrogen (secondary N) is 1. The first-order chi connectivity index (χ1) is 15.9. The van der Waals surface area contributed by atoms with Gasteiger partial charge in [-0.3, -0.25) is 4.79 Å². The second-order valence-electron chi connectivity index (χ2n) is 7.63. The molecule has 3 aromatic rings. The zero-order chi connectivity index (χ0) is 23.8.